The molecule has 0 aliphatic carbocycles. The summed E-state index contributed by atoms with van der Waals surface area (Å²) >= 11 is 0. The van der Waals surface area contributed by atoms with Gasteiger partial charge in [0, 0.05) is 11.1 Å². The van der Waals surface area contributed by atoms with Crippen LogP contribution in [-0.4, -0.2) is 25.7 Å². The van der Waals surface area contributed by atoms with Crippen LogP contribution in [0.3, 0.4) is 0 Å². The van der Waals surface area contributed by atoms with Crippen molar-refractivity contribution in [1.29, 1.82) is 0 Å². The molecule has 0 saturated heterocycles. The third-order valence-corrected chi connectivity index (χ3v) is 3.29. The van der Waals surface area contributed by atoms with E-state index in [9.17, 15) is 0 Å². The molecule has 4 nitrogen and oxygen atoms in total. The second kappa shape index (κ2) is 5.89. The van der Waals surface area contributed by atoms with Gasteiger partial charge in [0.05, 0.1) is 14.2 Å². The van der Waals surface area contributed by atoms with Crippen LogP contribution in [0.2, 0.25) is 0 Å². The summed E-state index contributed by atoms with van der Waals surface area (Å²) in [6.45, 7) is 2.71. The highest BCUT2D eigenvalue weighted by Gasteiger charge is 2.11. The quantitative estimate of drug-likeness (QED) is 0.897. The Morgan fingerprint density at radius 3 is 2.47 bits per heavy atom. The molecule has 0 saturated carbocycles. The summed E-state index contributed by atoms with van der Waals surface area (Å²) in [5.41, 5.74) is 8.65. The van der Waals surface area contributed by atoms with Crippen LogP contribution in [-0.2, 0) is 6.42 Å². The molecule has 0 spiro atoms. The number of benzene rings is 1. The second-order valence-electron chi connectivity index (χ2n) is 4.49. The predicted molar refractivity (Wildman–Crippen MR) is 77.0 cm³/mol. The summed E-state index contributed by atoms with van der Waals surface area (Å²) in [4.78, 5) is 4.66. The standard InChI is InChI=1S/C15H20N2O2/c1-10-11(5-4-8-16)9-12-13(18-2)6-7-14(19-3)15(12)17-10/h6-7,9H,4-5,8,16H2,1-3H3. The van der Waals surface area contributed by atoms with Crippen LogP contribution in [0.4, 0.5) is 0 Å². The first-order valence-electron chi connectivity index (χ1n) is 6.42. The van der Waals surface area contributed by atoms with Gasteiger partial charge in [-0.05, 0) is 50.1 Å². The fourth-order valence-corrected chi connectivity index (χ4v) is 2.23. The van der Waals surface area contributed by atoms with Crippen LogP contribution < -0.4 is 15.2 Å². The van der Waals surface area contributed by atoms with Gasteiger partial charge in [0.25, 0.3) is 0 Å². The van der Waals surface area contributed by atoms with E-state index < -0.39 is 0 Å². The predicted octanol–water partition coefficient (Wildman–Crippen LogP) is 2.45. The Bertz CT molecular complexity index is 582. The van der Waals surface area contributed by atoms with Crippen molar-refractivity contribution in [2.75, 3.05) is 20.8 Å². The first-order chi connectivity index (χ1) is 9.21. The van der Waals surface area contributed by atoms with Gasteiger partial charge in [0.15, 0.2) is 0 Å². The maximum Gasteiger partial charge on any atom is 0.145 e. The van der Waals surface area contributed by atoms with Crippen LogP contribution in [0.15, 0.2) is 18.2 Å². The van der Waals surface area contributed by atoms with Crippen molar-refractivity contribution in [3.8, 4) is 11.5 Å². The minimum absolute atomic E-state index is 0.687. The molecule has 4 heteroatoms. The summed E-state index contributed by atoms with van der Waals surface area (Å²) in [5, 5.41) is 0.986. The van der Waals surface area contributed by atoms with E-state index in [4.69, 9.17) is 15.2 Å². The summed E-state index contributed by atoms with van der Waals surface area (Å²) in [7, 11) is 3.32. The number of methoxy groups -OCH3 is 2. The SMILES string of the molecule is COc1ccc(OC)c2nc(C)c(CCCN)cc12. The minimum atomic E-state index is 0.687. The normalized spacial score (nSPS) is 10.7. The number of rotatable bonds is 5. The summed E-state index contributed by atoms with van der Waals surface area (Å²) in [6, 6.07) is 5.92. The van der Waals surface area contributed by atoms with Gasteiger partial charge in [-0.2, -0.15) is 0 Å². The van der Waals surface area contributed by atoms with Crippen molar-refractivity contribution in [3.63, 3.8) is 0 Å². The number of pyridine rings is 1. The largest absolute Gasteiger partial charge is 0.496 e. The van der Waals surface area contributed by atoms with Crippen molar-refractivity contribution in [1.82, 2.24) is 4.98 Å². The van der Waals surface area contributed by atoms with Gasteiger partial charge in [0.2, 0.25) is 0 Å². The Labute approximate surface area is 113 Å². The zero-order valence-electron chi connectivity index (χ0n) is 11.7. The lowest BCUT2D eigenvalue weighted by atomic mass is 10.0. The van der Waals surface area contributed by atoms with Gasteiger partial charge >= 0.3 is 0 Å². The molecule has 102 valence electrons. The molecule has 0 aliphatic heterocycles. The number of fused-ring (bicyclic) bond motifs is 1. The maximum atomic E-state index is 5.58. The molecule has 1 aromatic heterocycles. The third-order valence-electron chi connectivity index (χ3n) is 3.29. The van der Waals surface area contributed by atoms with Crippen molar-refractivity contribution in [2.45, 2.75) is 19.8 Å². The molecule has 0 amide bonds. The molecular weight excluding hydrogens is 240 g/mol. The van der Waals surface area contributed by atoms with E-state index in [0.717, 1.165) is 40.9 Å². The first-order valence-corrected chi connectivity index (χ1v) is 6.42. The minimum Gasteiger partial charge on any atom is -0.496 e. The second-order valence-corrected chi connectivity index (χ2v) is 4.49. The number of aryl methyl sites for hydroxylation is 2. The van der Waals surface area contributed by atoms with Gasteiger partial charge < -0.3 is 15.2 Å². The molecule has 2 rings (SSSR count). The number of hydrogen-bond donors (Lipinski definition) is 1. The highest BCUT2D eigenvalue weighted by atomic mass is 16.5. The Morgan fingerprint density at radius 1 is 1.16 bits per heavy atom. The average molecular weight is 260 g/mol. The van der Waals surface area contributed by atoms with Gasteiger partial charge in [-0.1, -0.05) is 0 Å². The molecule has 19 heavy (non-hydrogen) atoms. The average Bonchev–Trinajstić information content (AvgIpc) is 2.44. The van der Waals surface area contributed by atoms with E-state index in [-0.39, 0.29) is 0 Å². The molecule has 0 radical (unpaired) electrons. The zero-order valence-corrected chi connectivity index (χ0v) is 11.7. The smallest absolute Gasteiger partial charge is 0.145 e. The van der Waals surface area contributed by atoms with Gasteiger partial charge in [-0.25, -0.2) is 4.98 Å². The molecule has 0 aliphatic rings. The van der Waals surface area contributed by atoms with E-state index in [1.165, 1.54) is 5.56 Å². The van der Waals surface area contributed by atoms with E-state index in [1.807, 2.05) is 19.1 Å². The molecule has 1 heterocycles. The summed E-state index contributed by atoms with van der Waals surface area (Å²) < 4.78 is 10.8. The van der Waals surface area contributed by atoms with Crippen LogP contribution >= 0.6 is 0 Å². The number of nitrogens with zero attached hydrogens (tertiary/aromatic N) is 1. The number of nitrogens with two attached hydrogens (primary N) is 1. The Hall–Kier alpha value is -1.81. The summed E-state index contributed by atoms with van der Waals surface area (Å²) in [6.07, 6.45) is 1.89. The molecule has 0 bridgehead atoms. The van der Waals surface area contributed by atoms with Crippen LogP contribution in [0, 0.1) is 6.92 Å². The summed E-state index contributed by atoms with van der Waals surface area (Å²) in [5.74, 6) is 1.58. The lowest BCUT2D eigenvalue weighted by molar-refractivity contribution is 0.409. The first kappa shape index (κ1) is 13.6. The molecule has 2 N–H and O–H groups in total. The van der Waals surface area contributed by atoms with Crippen molar-refractivity contribution >= 4 is 10.9 Å². The van der Waals surface area contributed by atoms with Crippen molar-refractivity contribution in [3.05, 3.63) is 29.5 Å². The number of hydrogen-bond acceptors (Lipinski definition) is 4. The van der Waals surface area contributed by atoms with Gasteiger partial charge in [0.1, 0.15) is 17.0 Å². The van der Waals surface area contributed by atoms with Crippen molar-refractivity contribution in [2.24, 2.45) is 5.73 Å². The molecular formula is C15H20N2O2. The zero-order chi connectivity index (χ0) is 13.8. The maximum absolute atomic E-state index is 5.58. The monoisotopic (exact) mass is 260 g/mol. The molecule has 0 unspecified atom stereocenters. The third kappa shape index (κ3) is 2.63. The lowest BCUT2D eigenvalue weighted by Gasteiger charge is -2.12. The highest BCUT2D eigenvalue weighted by molar-refractivity contribution is 5.90. The van der Waals surface area contributed by atoms with Gasteiger partial charge in [-0.3, -0.25) is 0 Å². The van der Waals surface area contributed by atoms with Crippen LogP contribution in [0.5, 0.6) is 11.5 Å². The van der Waals surface area contributed by atoms with E-state index >= 15 is 0 Å². The topological polar surface area (TPSA) is 57.4 Å². The molecule has 1 aromatic carbocycles. The van der Waals surface area contributed by atoms with E-state index in [0.29, 0.717) is 6.54 Å². The van der Waals surface area contributed by atoms with Crippen molar-refractivity contribution < 1.29 is 9.47 Å². The number of ether oxygens (including phenoxy) is 2. The highest BCUT2D eigenvalue weighted by Crippen LogP contribution is 2.33. The Morgan fingerprint density at radius 2 is 1.84 bits per heavy atom. The van der Waals surface area contributed by atoms with Gasteiger partial charge in [-0.15, -0.1) is 0 Å². The molecule has 2 aromatic rings. The fourth-order valence-electron chi connectivity index (χ4n) is 2.23. The lowest BCUT2D eigenvalue weighted by Crippen LogP contribution is -2.03. The Kier molecular flexibility index (Phi) is 4.22. The number of aromatic nitrogens is 1. The van der Waals surface area contributed by atoms with E-state index in [1.54, 1.807) is 14.2 Å². The molecule has 0 fully saturated rings. The van der Waals surface area contributed by atoms with Crippen LogP contribution in [0.25, 0.3) is 10.9 Å². The van der Waals surface area contributed by atoms with E-state index in [2.05, 4.69) is 11.1 Å². The fraction of sp³-hybridized carbons (Fsp3) is 0.400. The van der Waals surface area contributed by atoms with Crippen LogP contribution in [0.1, 0.15) is 17.7 Å². The molecule has 0 atom stereocenters. The Balaban J connectivity index is 2.61.